The number of esters is 1. The predicted octanol–water partition coefficient (Wildman–Crippen LogP) is 1.34. The van der Waals surface area contributed by atoms with Crippen molar-refractivity contribution < 1.29 is 24.3 Å². The van der Waals surface area contributed by atoms with Gasteiger partial charge in [-0.3, -0.25) is 35.1 Å². The SMILES string of the molecule is CC(=O)Oc1cc([N+](=O)[O-])c([N+](=O)[O-])cc1[N+](=O)[O-]. The lowest BCUT2D eigenvalue weighted by Crippen LogP contribution is -2.06. The van der Waals surface area contributed by atoms with Gasteiger partial charge in [-0.1, -0.05) is 0 Å². The number of benzene rings is 1. The summed E-state index contributed by atoms with van der Waals surface area (Å²) in [5.41, 5.74) is -2.98. The molecule has 0 fully saturated rings. The van der Waals surface area contributed by atoms with Crippen LogP contribution in [0.5, 0.6) is 5.75 Å². The number of carbonyl (C=O) groups excluding carboxylic acids is 1. The normalized spacial score (nSPS) is 9.74. The number of nitrogens with zero attached hydrogens (tertiary/aromatic N) is 3. The molecule has 0 amide bonds. The van der Waals surface area contributed by atoms with Gasteiger partial charge in [0.15, 0.2) is 0 Å². The molecule has 11 heteroatoms. The van der Waals surface area contributed by atoms with E-state index in [0.717, 1.165) is 6.92 Å². The number of carbonyl (C=O) groups is 1. The first-order chi connectivity index (χ1) is 8.73. The molecule has 0 aliphatic rings. The van der Waals surface area contributed by atoms with Crippen LogP contribution in [0.1, 0.15) is 6.92 Å². The van der Waals surface area contributed by atoms with Crippen LogP contribution < -0.4 is 4.74 Å². The second kappa shape index (κ2) is 5.03. The molecule has 1 rings (SSSR count). The van der Waals surface area contributed by atoms with Crippen molar-refractivity contribution in [1.29, 1.82) is 0 Å². The average molecular weight is 271 g/mol. The van der Waals surface area contributed by atoms with Crippen LogP contribution in [0.15, 0.2) is 12.1 Å². The van der Waals surface area contributed by atoms with Gasteiger partial charge in [-0.2, -0.15) is 0 Å². The van der Waals surface area contributed by atoms with Gasteiger partial charge in [0.2, 0.25) is 5.75 Å². The van der Waals surface area contributed by atoms with Crippen LogP contribution in [0.2, 0.25) is 0 Å². The highest BCUT2D eigenvalue weighted by Crippen LogP contribution is 2.38. The van der Waals surface area contributed by atoms with E-state index in [1.807, 2.05) is 0 Å². The van der Waals surface area contributed by atoms with Crippen LogP contribution in [-0.2, 0) is 4.79 Å². The molecule has 0 spiro atoms. The summed E-state index contributed by atoms with van der Waals surface area (Å²) in [6.07, 6.45) is 0. The smallest absolute Gasteiger partial charge is 0.353 e. The van der Waals surface area contributed by atoms with Crippen molar-refractivity contribution in [2.75, 3.05) is 0 Å². The highest BCUT2D eigenvalue weighted by molar-refractivity contribution is 5.74. The van der Waals surface area contributed by atoms with E-state index in [1.165, 1.54) is 0 Å². The fourth-order valence-corrected chi connectivity index (χ4v) is 1.22. The first-order valence-corrected chi connectivity index (χ1v) is 4.53. The molecule has 0 aliphatic heterocycles. The first-order valence-electron chi connectivity index (χ1n) is 4.53. The Morgan fingerprint density at radius 1 is 0.947 bits per heavy atom. The van der Waals surface area contributed by atoms with Gasteiger partial charge in [0.05, 0.1) is 20.8 Å². The van der Waals surface area contributed by atoms with Crippen molar-refractivity contribution in [2.24, 2.45) is 0 Å². The van der Waals surface area contributed by atoms with E-state index in [9.17, 15) is 35.1 Å². The lowest BCUT2D eigenvalue weighted by atomic mass is 10.2. The van der Waals surface area contributed by atoms with Gasteiger partial charge in [0, 0.05) is 6.92 Å². The van der Waals surface area contributed by atoms with E-state index >= 15 is 0 Å². The Hall–Kier alpha value is -3.11. The monoisotopic (exact) mass is 271 g/mol. The molecule has 100 valence electrons. The third kappa shape index (κ3) is 2.96. The Labute approximate surface area is 103 Å². The molecule has 1 aromatic rings. The molecule has 0 bridgehead atoms. The van der Waals surface area contributed by atoms with E-state index in [4.69, 9.17) is 0 Å². The number of rotatable bonds is 4. The molecular weight excluding hydrogens is 266 g/mol. The van der Waals surface area contributed by atoms with Crippen molar-refractivity contribution in [3.8, 4) is 5.75 Å². The third-order valence-corrected chi connectivity index (χ3v) is 1.90. The highest BCUT2D eigenvalue weighted by Gasteiger charge is 2.32. The van der Waals surface area contributed by atoms with E-state index in [-0.39, 0.29) is 0 Å². The van der Waals surface area contributed by atoms with Gasteiger partial charge < -0.3 is 4.74 Å². The molecule has 0 aromatic heterocycles. The van der Waals surface area contributed by atoms with Gasteiger partial charge in [-0.25, -0.2) is 0 Å². The van der Waals surface area contributed by atoms with Crippen LogP contribution in [-0.4, -0.2) is 20.7 Å². The molecule has 0 aliphatic carbocycles. The van der Waals surface area contributed by atoms with Gasteiger partial charge in [-0.05, 0) is 0 Å². The summed E-state index contributed by atoms with van der Waals surface area (Å²) in [7, 11) is 0. The zero-order chi connectivity index (χ0) is 14.7. The Morgan fingerprint density at radius 3 is 1.74 bits per heavy atom. The van der Waals surface area contributed by atoms with Gasteiger partial charge in [-0.15, -0.1) is 0 Å². The zero-order valence-electron chi connectivity index (χ0n) is 9.26. The van der Waals surface area contributed by atoms with Gasteiger partial charge in [0.1, 0.15) is 6.07 Å². The predicted molar refractivity (Wildman–Crippen MR) is 57.7 cm³/mol. The summed E-state index contributed by atoms with van der Waals surface area (Å²) >= 11 is 0. The minimum atomic E-state index is -1.14. The standard InChI is InChI=1S/C8H5N3O8/c1-4(12)19-8-3-6(10(15)16)5(9(13)14)2-7(8)11(17)18/h2-3H,1H3. The maximum atomic E-state index is 10.7. The molecule has 0 radical (unpaired) electrons. The minimum absolute atomic E-state index is 0.371. The van der Waals surface area contributed by atoms with E-state index < -0.39 is 43.6 Å². The minimum Gasteiger partial charge on any atom is -0.419 e. The van der Waals surface area contributed by atoms with Crippen LogP contribution in [0.3, 0.4) is 0 Å². The molecule has 0 atom stereocenters. The van der Waals surface area contributed by atoms with Crippen molar-refractivity contribution in [2.45, 2.75) is 6.92 Å². The maximum absolute atomic E-state index is 10.7. The molecule has 0 saturated carbocycles. The third-order valence-electron chi connectivity index (χ3n) is 1.90. The molecule has 0 saturated heterocycles. The Balaban J connectivity index is 3.59. The number of nitro benzene ring substituents is 3. The molecule has 19 heavy (non-hydrogen) atoms. The Kier molecular flexibility index (Phi) is 3.70. The molecule has 0 unspecified atom stereocenters. The van der Waals surface area contributed by atoms with Gasteiger partial charge >= 0.3 is 23.0 Å². The van der Waals surface area contributed by atoms with Crippen molar-refractivity contribution in [3.05, 3.63) is 42.5 Å². The summed E-state index contributed by atoms with van der Waals surface area (Å²) < 4.78 is 4.42. The Bertz CT molecular complexity index is 596. The number of hydrogen-bond donors (Lipinski definition) is 0. The number of nitro groups is 3. The topological polar surface area (TPSA) is 156 Å². The number of ether oxygens (including phenoxy) is 1. The van der Waals surface area contributed by atoms with Crippen molar-refractivity contribution in [1.82, 2.24) is 0 Å². The highest BCUT2D eigenvalue weighted by atomic mass is 16.6. The van der Waals surface area contributed by atoms with Gasteiger partial charge in [0.25, 0.3) is 0 Å². The van der Waals surface area contributed by atoms with Crippen molar-refractivity contribution >= 4 is 23.0 Å². The Morgan fingerprint density at radius 2 is 1.37 bits per heavy atom. The summed E-state index contributed by atoms with van der Waals surface area (Å²) in [5, 5.41) is 31.9. The largest absolute Gasteiger partial charge is 0.419 e. The van der Waals surface area contributed by atoms with E-state index in [0.29, 0.717) is 12.1 Å². The molecular formula is C8H5N3O8. The van der Waals surface area contributed by atoms with Crippen LogP contribution in [0.4, 0.5) is 17.1 Å². The second-order valence-corrected chi connectivity index (χ2v) is 3.17. The van der Waals surface area contributed by atoms with Crippen LogP contribution in [0.25, 0.3) is 0 Å². The zero-order valence-corrected chi connectivity index (χ0v) is 9.26. The molecule has 1 aromatic carbocycles. The second-order valence-electron chi connectivity index (χ2n) is 3.17. The quantitative estimate of drug-likeness (QED) is 0.343. The van der Waals surface area contributed by atoms with E-state index in [1.54, 1.807) is 0 Å². The summed E-state index contributed by atoms with van der Waals surface area (Å²) in [6, 6.07) is 0.841. The molecule has 11 nitrogen and oxygen atoms in total. The molecule has 0 N–H and O–H groups in total. The number of hydrogen-bond acceptors (Lipinski definition) is 8. The summed E-state index contributed by atoms with van der Waals surface area (Å²) in [6.45, 7) is 0.928. The molecule has 0 heterocycles. The maximum Gasteiger partial charge on any atom is 0.353 e. The fourth-order valence-electron chi connectivity index (χ4n) is 1.22. The first kappa shape index (κ1) is 14.0. The van der Waals surface area contributed by atoms with Crippen molar-refractivity contribution in [3.63, 3.8) is 0 Å². The fraction of sp³-hybridized carbons (Fsp3) is 0.125. The lowest BCUT2D eigenvalue weighted by Gasteiger charge is -2.02. The lowest BCUT2D eigenvalue weighted by molar-refractivity contribution is -0.424. The van der Waals surface area contributed by atoms with Crippen LogP contribution >= 0.6 is 0 Å². The summed E-state index contributed by atoms with van der Waals surface area (Å²) in [5.74, 6) is -1.68. The van der Waals surface area contributed by atoms with Crippen LogP contribution in [0, 0.1) is 30.3 Å². The average Bonchev–Trinajstić information content (AvgIpc) is 2.26. The summed E-state index contributed by atoms with van der Waals surface area (Å²) in [4.78, 5) is 39.4. The van der Waals surface area contributed by atoms with E-state index in [2.05, 4.69) is 4.74 Å².